The van der Waals surface area contributed by atoms with Crippen LogP contribution in [0.3, 0.4) is 0 Å². The molecule has 1 saturated heterocycles. The summed E-state index contributed by atoms with van der Waals surface area (Å²) in [6.07, 6.45) is 6.37. The normalized spacial score (nSPS) is 17.6. The fraction of sp³-hybridized carbons (Fsp3) is 0.241. The minimum Gasteiger partial charge on any atom is -0.390 e. The molecule has 0 unspecified atom stereocenters. The first kappa shape index (κ1) is 26.6. The van der Waals surface area contributed by atoms with Crippen molar-refractivity contribution in [3.63, 3.8) is 0 Å². The molecule has 0 radical (unpaired) electrons. The number of fused-ring (bicyclic) bond motifs is 1. The predicted octanol–water partition coefficient (Wildman–Crippen LogP) is 2.81. The molecule has 41 heavy (non-hydrogen) atoms. The van der Waals surface area contributed by atoms with E-state index in [1.54, 1.807) is 60.7 Å². The minimum absolute atomic E-state index is 0.118. The lowest BCUT2D eigenvalue weighted by Gasteiger charge is -2.34. The number of nitriles is 1. The summed E-state index contributed by atoms with van der Waals surface area (Å²) in [5.74, 6) is 0.680. The van der Waals surface area contributed by atoms with E-state index in [-0.39, 0.29) is 22.1 Å². The molecule has 208 valence electrons. The summed E-state index contributed by atoms with van der Waals surface area (Å²) in [5, 5.41) is 25.0. The van der Waals surface area contributed by atoms with Crippen molar-refractivity contribution in [3.8, 4) is 28.5 Å². The van der Waals surface area contributed by atoms with Gasteiger partial charge < -0.3 is 15.7 Å². The SMILES string of the molecule is Cc1ccc(S(=O)(=O)n2c(-c3cnn(C)c3)cc3c(-c4ccc(N5CC[C@H](N)[C@H](O)C5)nc4)c(C#N)cnc32)cc1. The lowest BCUT2D eigenvalue weighted by molar-refractivity contribution is 0.131. The molecule has 5 aromatic rings. The number of aliphatic hydroxyl groups is 1. The molecular formula is C29H28N8O3S. The molecule has 2 atom stereocenters. The number of pyridine rings is 2. The maximum atomic E-state index is 14.1. The van der Waals surface area contributed by atoms with Crippen LogP contribution in [0.2, 0.25) is 0 Å². The van der Waals surface area contributed by atoms with E-state index in [2.05, 4.69) is 21.1 Å². The van der Waals surface area contributed by atoms with Crippen LogP contribution in [-0.4, -0.2) is 62.5 Å². The number of β-amino-alcohol motifs (C(OH)–C–C–N with tert-alkyl or cyclic N) is 1. The monoisotopic (exact) mass is 568 g/mol. The van der Waals surface area contributed by atoms with Gasteiger partial charge in [-0.15, -0.1) is 0 Å². The Morgan fingerprint density at radius 3 is 2.49 bits per heavy atom. The van der Waals surface area contributed by atoms with Gasteiger partial charge in [-0.25, -0.2) is 22.4 Å². The highest BCUT2D eigenvalue weighted by molar-refractivity contribution is 7.90. The second-order valence-electron chi connectivity index (χ2n) is 10.3. The second kappa shape index (κ2) is 10.1. The minimum atomic E-state index is -4.08. The summed E-state index contributed by atoms with van der Waals surface area (Å²) in [7, 11) is -2.33. The molecule has 1 aliphatic heterocycles. The zero-order valence-corrected chi connectivity index (χ0v) is 23.3. The maximum absolute atomic E-state index is 14.1. The molecule has 1 aromatic carbocycles. The van der Waals surface area contributed by atoms with E-state index in [0.717, 1.165) is 5.56 Å². The van der Waals surface area contributed by atoms with Crippen molar-refractivity contribution in [3.05, 3.63) is 78.4 Å². The summed E-state index contributed by atoms with van der Waals surface area (Å²) < 4.78 is 31.0. The molecule has 1 aliphatic rings. The van der Waals surface area contributed by atoms with E-state index in [9.17, 15) is 18.8 Å². The van der Waals surface area contributed by atoms with Gasteiger partial charge in [0, 0.05) is 66.8 Å². The Morgan fingerprint density at radius 2 is 1.85 bits per heavy atom. The number of aryl methyl sites for hydroxylation is 2. The highest BCUT2D eigenvalue weighted by atomic mass is 32.2. The predicted molar refractivity (Wildman–Crippen MR) is 154 cm³/mol. The molecule has 0 bridgehead atoms. The standard InChI is InChI=1S/C29H28N8O3S/c1-18-3-6-22(7-4-18)41(39,40)37-25(21-15-34-35(2)16-21)11-23-28(20(12-30)14-33-29(23)37)19-5-8-27(32-13-19)36-10-9-24(31)26(38)17-36/h3-8,11,13-16,24,26,38H,9-10,17,31H2,1-2H3/t24-,26+/m0/s1. The van der Waals surface area contributed by atoms with Crippen molar-refractivity contribution in [1.29, 1.82) is 5.26 Å². The summed E-state index contributed by atoms with van der Waals surface area (Å²) in [6.45, 7) is 2.94. The van der Waals surface area contributed by atoms with Crippen LogP contribution in [0.4, 0.5) is 5.82 Å². The number of hydrogen-bond donors (Lipinski definition) is 2. The van der Waals surface area contributed by atoms with Crippen molar-refractivity contribution in [1.82, 2.24) is 23.7 Å². The van der Waals surface area contributed by atoms with Gasteiger partial charge >= 0.3 is 0 Å². The highest BCUT2D eigenvalue weighted by Gasteiger charge is 2.29. The Balaban J connectivity index is 1.54. The first-order valence-electron chi connectivity index (χ1n) is 13.1. The van der Waals surface area contributed by atoms with Crippen LogP contribution in [-0.2, 0) is 17.1 Å². The van der Waals surface area contributed by atoms with Crippen molar-refractivity contribution in [2.24, 2.45) is 12.8 Å². The molecule has 0 aliphatic carbocycles. The van der Waals surface area contributed by atoms with Crippen molar-refractivity contribution < 1.29 is 13.5 Å². The van der Waals surface area contributed by atoms with Gasteiger partial charge in [0.25, 0.3) is 10.0 Å². The molecule has 1 fully saturated rings. The highest BCUT2D eigenvalue weighted by Crippen LogP contribution is 2.38. The molecule has 11 nitrogen and oxygen atoms in total. The Labute approximate surface area is 237 Å². The van der Waals surface area contributed by atoms with Gasteiger partial charge in [0.2, 0.25) is 0 Å². The maximum Gasteiger partial charge on any atom is 0.269 e. The van der Waals surface area contributed by atoms with Gasteiger partial charge in [-0.05, 0) is 43.7 Å². The lowest BCUT2D eigenvalue weighted by atomic mass is 10.00. The van der Waals surface area contributed by atoms with E-state index in [0.29, 0.717) is 53.1 Å². The number of anilines is 1. The molecule has 0 amide bonds. The van der Waals surface area contributed by atoms with Crippen molar-refractivity contribution in [2.45, 2.75) is 30.4 Å². The number of aromatic nitrogens is 5. The second-order valence-corrected chi connectivity index (χ2v) is 12.1. The Kier molecular flexibility index (Phi) is 6.57. The van der Waals surface area contributed by atoms with E-state index in [4.69, 9.17) is 5.73 Å². The summed E-state index contributed by atoms with van der Waals surface area (Å²) in [5.41, 5.74) is 9.49. The summed E-state index contributed by atoms with van der Waals surface area (Å²) in [6, 6.07) is 14.0. The van der Waals surface area contributed by atoms with E-state index < -0.39 is 16.1 Å². The van der Waals surface area contributed by atoms with Gasteiger partial charge in [-0.1, -0.05) is 17.7 Å². The van der Waals surface area contributed by atoms with E-state index in [1.165, 1.54) is 10.2 Å². The molecule has 0 saturated carbocycles. The molecule has 12 heteroatoms. The quantitative estimate of drug-likeness (QED) is 0.325. The van der Waals surface area contributed by atoms with Crippen molar-refractivity contribution in [2.75, 3.05) is 18.0 Å². The van der Waals surface area contributed by atoms with Gasteiger partial charge in [0.15, 0.2) is 5.65 Å². The average molecular weight is 569 g/mol. The van der Waals surface area contributed by atoms with Crippen LogP contribution >= 0.6 is 0 Å². The summed E-state index contributed by atoms with van der Waals surface area (Å²) >= 11 is 0. The number of piperidine rings is 1. The van der Waals surface area contributed by atoms with Gasteiger partial charge in [-0.2, -0.15) is 10.4 Å². The zero-order valence-electron chi connectivity index (χ0n) is 22.5. The number of nitrogens with two attached hydrogens (primary N) is 1. The fourth-order valence-corrected chi connectivity index (χ4v) is 6.69. The number of hydrogen-bond acceptors (Lipinski definition) is 9. The Hall–Kier alpha value is -4.57. The van der Waals surface area contributed by atoms with Gasteiger partial charge in [-0.3, -0.25) is 4.68 Å². The topological polar surface area (TPSA) is 156 Å². The Bertz CT molecular complexity index is 1900. The van der Waals surface area contributed by atoms with Crippen LogP contribution < -0.4 is 10.6 Å². The largest absolute Gasteiger partial charge is 0.390 e. The van der Waals surface area contributed by atoms with Crippen molar-refractivity contribution >= 4 is 26.9 Å². The number of rotatable bonds is 5. The molecule has 0 spiro atoms. The Morgan fingerprint density at radius 1 is 1.07 bits per heavy atom. The van der Waals surface area contributed by atoms with Crippen LogP contribution in [0.25, 0.3) is 33.4 Å². The fourth-order valence-electron chi connectivity index (χ4n) is 5.21. The molecule has 4 aromatic heterocycles. The van der Waals surface area contributed by atoms with E-state index in [1.807, 2.05) is 24.0 Å². The van der Waals surface area contributed by atoms with Crippen LogP contribution in [0.1, 0.15) is 17.5 Å². The zero-order chi connectivity index (χ0) is 28.9. The third kappa shape index (κ3) is 4.63. The first-order valence-corrected chi connectivity index (χ1v) is 14.5. The molecule has 5 heterocycles. The number of nitrogens with zero attached hydrogens (tertiary/aromatic N) is 7. The third-order valence-electron chi connectivity index (χ3n) is 7.46. The van der Waals surface area contributed by atoms with E-state index >= 15 is 0 Å². The third-order valence-corrected chi connectivity index (χ3v) is 9.18. The van der Waals surface area contributed by atoms with Crippen LogP contribution in [0.5, 0.6) is 0 Å². The summed E-state index contributed by atoms with van der Waals surface area (Å²) in [4.78, 5) is 11.2. The molecular weight excluding hydrogens is 540 g/mol. The first-order chi connectivity index (χ1) is 19.7. The number of aliphatic hydroxyl groups excluding tert-OH is 1. The molecule has 3 N–H and O–H groups in total. The van der Waals surface area contributed by atoms with Gasteiger partial charge in [0.05, 0.1) is 28.5 Å². The van der Waals surface area contributed by atoms with Gasteiger partial charge in [0.1, 0.15) is 11.9 Å². The van der Waals surface area contributed by atoms with Crippen LogP contribution in [0, 0.1) is 18.3 Å². The molecule has 6 rings (SSSR count). The smallest absolute Gasteiger partial charge is 0.269 e. The van der Waals surface area contributed by atoms with Crippen LogP contribution in [0.15, 0.2) is 72.1 Å². The number of benzene rings is 1. The average Bonchev–Trinajstić information content (AvgIpc) is 3.58. The lowest BCUT2D eigenvalue weighted by Crippen LogP contribution is -2.50.